The van der Waals surface area contributed by atoms with E-state index in [4.69, 9.17) is 0 Å². The number of rotatable bonds is 0. The van der Waals surface area contributed by atoms with Gasteiger partial charge in [-0.3, -0.25) is 0 Å². The van der Waals surface area contributed by atoms with Crippen LogP contribution in [0.1, 0.15) is 27.7 Å². The fourth-order valence-corrected chi connectivity index (χ4v) is 1.31. The number of hydrogen-bond donors (Lipinski definition) is 1. The number of hydrogen-bond acceptors (Lipinski definition) is 1. The quantitative estimate of drug-likeness (QED) is 0.543. The largest absolute Gasteiger partial charge is 0.382 e. The molecule has 1 unspecified atom stereocenters. The van der Waals surface area contributed by atoms with E-state index >= 15 is 0 Å². The molecule has 0 radical (unpaired) electrons. The lowest BCUT2D eigenvalue weighted by atomic mass is 10.0. The van der Waals surface area contributed by atoms with E-state index in [0.717, 1.165) is 5.57 Å². The first-order chi connectivity index (χ1) is 4.45. The maximum atomic E-state index is 9.67. The van der Waals surface area contributed by atoms with Crippen molar-refractivity contribution < 1.29 is 5.11 Å². The molecule has 1 aliphatic rings. The van der Waals surface area contributed by atoms with Crippen LogP contribution in [-0.2, 0) is 0 Å². The summed E-state index contributed by atoms with van der Waals surface area (Å²) in [5.41, 5.74) is 2.81. The lowest BCUT2D eigenvalue weighted by Gasteiger charge is -2.15. The molecule has 0 aromatic carbocycles. The van der Waals surface area contributed by atoms with Crippen LogP contribution in [0.2, 0.25) is 0 Å². The van der Waals surface area contributed by atoms with Gasteiger partial charge in [0.05, 0.1) is 0 Å². The molecule has 1 nitrogen and oxygen atoms in total. The van der Waals surface area contributed by atoms with E-state index in [1.165, 1.54) is 11.1 Å². The van der Waals surface area contributed by atoms with Crippen LogP contribution >= 0.6 is 0 Å². The molecule has 1 heteroatoms. The van der Waals surface area contributed by atoms with E-state index < -0.39 is 5.60 Å². The fraction of sp³-hybridized carbons (Fsp3) is 0.556. The molecular weight excluding hydrogens is 124 g/mol. The Labute approximate surface area is 62.1 Å². The van der Waals surface area contributed by atoms with E-state index in [1.54, 1.807) is 0 Å². The second-order valence-corrected chi connectivity index (χ2v) is 3.22. The summed E-state index contributed by atoms with van der Waals surface area (Å²) in [6, 6.07) is 0. The molecule has 1 N–H and O–H groups in total. The minimum absolute atomic E-state index is 0.686. The minimum atomic E-state index is -0.686. The normalized spacial score (nSPS) is 33.1. The van der Waals surface area contributed by atoms with Crippen molar-refractivity contribution in [1.29, 1.82) is 0 Å². The second kappa shape index (κ2) is 1.96. The summed E-state index contributed by atoms with van der Waals surface area (Å²) in [5.74, 6) is 0. The van der Waals surface area contributed by atoms with Crippen LogP contribution in [0, 0.1) is 0 Å². The zero-order valence-electron chi connectivity index (χ0n) is 7.02. The van der Waals surface area contributed by atoms with Gasteiger partial charge in [0.25, 0.3) is 0 Å². The Balaban J connectivity index is 3.12. The van der Waals surface area contributed by atoms with Crippen molar-refractivity contribution in [1.82, 2.24) is 0 Å². The summed E-state index contributed by atoms with van der Waals surface area (Å²) < 4.78 is 0. The summed E-state index contributed by atoms with van der Waals surface area (Å²) in [7, 11) is 0. The van der Waals surface area contributed by atoms with Crippen molar-refractivity contribution in [2.45, 2.75) is 33.3 Å². The Morgan fingerprint density at radius 1 is 1.30 bits per heavy atom. The highest BCUT2D eigenvalue weighted by Crippen LogP contribution is 2.32. The van der Waals surface area contributed by atoms with Gasteiger partial charge in [0.15, 0.2) is 0 Å². The molecule has 0 saturated heterocycles. The van der Waals surface area contributed by atoms with Crippen LogP contribution in [0.3, 0.4) is 0 Å². The maximum Gasteiger partial charge on any atom is 0.102 e. The Hall–Kier alpha value is -0.560. The molecule has 0 spiro atoms. The SMILES string of the molecule is CC1=CC(C)(O)C(C)=C1C. The van der Waals surface area contributed by atoms with Gasteiger partial charge < -0.3 is 5.11 Å². The molecule has 0 bridgehead atoms. The molecule has 0 amide bonds. The van der Waals surface area contributed by atoms with E-state index in [9.17, 15) is 5.11 Å². The lowest BCUT2D eigenvalue weighted by molar-refractivity contribution is 0.153. The smallest absolute Gasteiger partial charge is 0.102 e. The zero-order valence-corrected chi connectivity index (χ0v) is 7.02. The van der Waals surface area contributed by atoms with Crippen molar-refractivity contribution in [2.75, 3.05) is 0 Å². The van der Waals surface area contributed by atoms with Gasteiger partial charge in [-0.2, -0.15) is 0 Å². The maximum absolute atomic E-state index is 9.67. The molecule has 56 valence electrons. The number of aliphatic hydroxyl groups is 1. The average Bonchev–Trinajstić information content (AvgIpc) is 1.95. The highest BCUT2D eigenvalue weighted by Gasteiger charge is 2.27. The van der Waals surface area contributed by atoms with Gasteiger partial charge in [-0.05, 0) is 50.5 Å². The van der Waals surface area contributed by atoms with Crippen LogP contribution in [0.5, 0.6) is 0 Å². The monoisotopic (exact) mass is 138 g/mol. The lowest BCUT2D eigenvalue weighted by Crippen LogP contribution is -2.19. The molecule has 1 atom stereocenters. The average molecular weight is 138 g/mol. The van der Waals surface area contributed by atoms with Crippen LogP contribution in [0.4, 0.5) is 0 Å². The predicted octanol–water partition coefficient (Wildman–Crippen LogP) is 2.03. The zero-order chi connectivity index (χ0) is 7.94. The fourth-order valence-electron chi connectivity index (χ4n) is 1.31. The third-order valence-corrected chi connectivity index (χ3v) is 2.41. The molecule has 0 aliphatic heterocycles. The highest BCUT2D eigenvalue weighted by molar-refractivity contribution is 5.46. The van der Waals surface area contributed by atoms with Crippen molar-refractivity contribution in [3.05, 3.63) is 22.8 Å². The van der Waals surface area contributed by atoms with Gasteiger partial charge in [-0.1, -0.05) is 0 Å². The van der Waals surface area contributed by atoms with Crippen LogP contribution in [0.15, 0.2) is 22.8 Å². The molecule has 0 saturated carbocycles. The van der Waals surface area contributed by atoms with Gasteiger partial charge in [0.2, 0.25) is 0 Å². The third kappa shape index (κ3) is 0.907. The highest BCUT2D eigenvalue weighted by atomic mass is 16.3. The molecule has 10 heavy (non-hydrogen) atoms. The summed E-state index contributed by atoms with van der Waals surface area (Å²) in [5, 5.41) is 9.67. The third-order valence-electron chi connectivity index (χ3n) is 2.41. The second-order valence-electron chi connectivity index (χ2n) is 3.22. The molecule has 0 aromatic rings. The van der Waals surface area contributed by atoms with Gasteiger partial charge in [0.1, 0.15) is 5.60 Å². The molecular formula is C9H14O. The molecule has 0 aromatic heterocycles. The van der Waals surface area contributed by atoms with Crippen molar-refractivity contribution in [2.24, 2.45) is 0 Å². The Morgan fingerprint density at radius 2 is 1.80 bits per heavy atom. The van der Waals surface area contributed by atoms with Gasteiger partial charge in [0, 0.05) is 0 Å². The molecule has 0 heterocycles. The van der Waals surface area contributed by atoms with Crippen LogP contribution in [0.25, 0.3) is 0 Å². The van der Waals surface area contributed by atoms with Crippen molar-refractivity contribution in [3.8, 4) is 0 Å². The predicted molar refractivity (Wildman–Crippen MR) is 42.8 cm³/mol. The first-order valence-corrected chi connectivity index (χ1v) is 3.55. The van der Waals surface area contributed by atoms with Crippen LogP contribution < -0.4 is 0 Å². The number of allylic oxidation sites excluding steroid dienone is 2. The summed E-state index contributed by atoms with van der Waals surface area (Å²) in [6.45, 7) is 7.87. The summed E-state index contributed by atoms with van der Waals surface area (Å²) in [6.07, 6.45) is 1.90. The Kier molecular flexibility index (Phi) is 1.48. The summed E-state index contributed by atoms with van der Waals surface area (Å²) >= 11 is 0. The van der Waals surface area contributed by atoms with Gasteiger partial charge in [-0.15, -0.1) is 0 Å². The van der Waals surface area contributed by atoms with Crippen LogP contribution in [-0.4, -0.2) is 10.7 Å². The first kappa shape index (κ1) is 7.55. The van der Waals surface area contributed by atoms with Gasteiger partial charge >= 0.3 is 0 Å². The molecule has 1 aliphatic carbocycles. The first-order valence-electron chi connectivity index (χ1n) is 3.55. The Morgan fingerprint density at radius 3 is 1.90 bits per heavy atom. The standard InChI is InChI=1S/C9H14O/c1-6-5-9(4,10)8(3)7(6)2/h5,10H,1-4H3. The van der Waals surface area contributed by atoms with Gasteiger partial charge in [-0.25, -0.2) is 0 Å². The van der Waals surface area contributed by atoms with Crippen molar-refractivity contribution >= 4 is 0 Å². The molecule has 1 rings (SSSR count). The van der Waals surface area contributed by atoms with E-state index in [1.807, 2.05) is 33.8 Å². The Bertz CT molecular complexity index is 219. The molecule has 0 fully saturated rings. The van der Waals surface area contributed by atoms with Crippen molar-refractivity contribution in [3.63, 3.8) is 0 Å². The van der Waals surface area contributed by atoms with E-state index in [-0.39, 0.29) is 0 Å². The van der Waals surface area contributed by atoms with E-state index in [0.29, 0.717) is 0 Å². The minimum Gasteiger partial charge on any atom is -0.382 e. The summed E-state index contributed by atoms with van der Waals surface area (Å²) in [4.78, 5) is 0. The van der Waals surface area contributed by atoms with E-state index in [2.05, 4.69) is 0 Å². The topological polar surface area (TPSA) is 20.2 Å².